The van der Waals surface area contributed by atoms with Crippen LogP contribution in [0.4, 0.5) is 5.69 Å². The number of hydrogen-bond acceptors (Lipinski definition) is 5. The number of para-hydroxylation sites is 1. The highest BCUT2D eigenvalue weighted by Crippen LogP contribution is 2.19. The van der Waals surface area contributed by atoms with E-state index in [1.807, 2.05) is 30.3 Å². The van der Waals surface area contributed by atoms with Crippen molar-refractivity contribution in [3.05, 3.63) is 41.6 Å². The summed E-state index contributed by atoms with van der Waals surface area (Å²) in [4.78, 5) is 0. The fourth-order valence-corrected chi connectivity index (χ4v) is 1.80. The number of hydrazine groups is 1. The molecular formula is C9H8Cl2N4S. The van der Waals surface area contributed by atoms with E-state index >= 15 is 0 Å². The molecule has 0 atom stereocenters. The number of nitrogens with zero attached hydrogens (tertiary/aromatic N) is 3. The van der Waals surface area contributed by atoms with E-state index in [1.54, 1.807) is 10.4 Å². The number of hydrazone groups is 1. The summed E-state index contributed by atoms with van der Waals surface area (Å²) in [5.74, 6) is 0.522. The Balaban J connectivity index is 2.26. The van der Waals surface area contributed by atoms with Gasteiger partial charge in [0, 0.05) is 6.08 Å². The van der Waals surface area contributed by atoms with Gasteiger partial charge in [-0.2, -0.15) is 0 Å². The zero-order chi connectivity index (χ0) is 11.5. The molecule has 0 radical (unpaired) electrons. The Morgan fingerprint density at radius 1 is 1.31 bits per heavy atom. The van der Waals surface area contributed by atoms with Crippen molar-refractivity contribution >= 4 is 47.7 Å². The van der Waals surface area contributed by atoms with E-state index in [4.69, 9.17) is 23.4 Å². The summed E-state index contributed by atoms with van der Waals surface area (Å²) in [6.07, 6.45) is 1.63. The summed E-state index contributed by atoms with van der Waals surface area (Å²) in [6.45, 7) is 0. The van der Waals surface area contributed by atoms with Crippen LogP contribution in [0.2, 0.25) is 0 Å². The molecule has 2 rings (SSSR count). The molecule has 7 heteroatoms. The van der Waals surface area contributed by atoms with Gasteiger partial charge in [0.25, 0.3) is 0 Å². The number of anilines is 1. The van der Waals surface area contributed by atoms with Gasteiger partial charge >= 0.3 is 0 Å². The zero-order valence-corrected chi connectivity index (χ0v) is 10.4. The van der Waals surface area contributed by atoms with Gasteiger partial charge in [-0.3, -0.25) is 9.73 Å². The zero-order valence-electron chi connectivity index (χ0n) is 8.01. The predicted octanol–water partition coefficient (Wildman–Crippen LogP) is 2.71. The highest BCUT2D eigenvalue weighted by atomic mass is 35.5. The maximum absolute atomic E-state index is 5.82. The molecule has 1 aliphatic rings. The number of hydrogen-bond donors (Lipinski definition) is 2. The van der Waals surface area contributed by atoms with E-state index < -0.39 is 0 Å². The maximum atomic E-state index is 5.82. The van der Waals surface area contributed by atoms with E-state index in [2.05, 4.69) is 23.3 Å². The van der Waals surface area contributed by atoms with Gasteiger partial charge in [0.2, 0.25) is 0 Å². The van der Waals surface area contributed by atoms with Crippen molar-refractivity contribution in [2.75, 3.05) is 4.31 Å². The van der Waals surface area contributed by atoms with Crippen LogP contribution in [0.25, 0.3) is 0 Å². The molecule has 0 aromatic heterocycles. The lowest BCUT2D eigenvalue weighted by Crippen LogP contribution is -2.33. The fourth-order valence-electron chi connectivity index (χ4n) is 1.18. The van der Waals surface area contributed by atoms with Crippen LogP contribution in [0.1, 0.15) is 0 Å². The van der Waals surface area contributed by atoms with Gasteiger partial charge in [-0.15, -0.1) is 9.74 Å². The molecule has 1 aromatic rings. The lowest BCUT2D eigenvalue weighted by atomic mass is 10.3. The summed E-state index contributed by atoms with van der Waals surface area (Å²) < 4.78 is 2.59. The molecule has 0 unspecified atom stereocenters. The molecular weight excluding hydrogens is 267 g/mol. The number of halogens is 2. The molecule has 4 nitrogen and oxygen atoms in total. The second kappa shape index (κ2) is 4.86. The van der Waals surface area contributed by atoms with Crippen molar-refractivity contribution in [1.82, 2.24) is 10.1 Å². The molecule has 0 saturated carbocycles. The highest BCUT2D eigenvalue weighted by Gasteiger charge is 2.15. The highest BCUT2D eigenvalue weighted by molar-refractivity contribution is 7.82. The molecule has 16 heavy (non-hydrogen) atoms. The first-order valence-electron chi connectivity index (χ1n) is 4.39. The second-order valence-corrected chi connectivity index (χ2v) is 4.10. The molecule has 1 heterocycles. The van der Waals surface area contributed by atoms with Crippen molar-refractivity contribution in [3.8, 4) is 0 Å². The molecule has 1 aliphatic heterocycles. The van der Waals surface area contributed by atoms with Gasteiger partial charge in [0.15, 0.2) is 5.84 Å². The molecule has 1 N–H and O–H groups in total. The van der Waals surface area contributed by atoms with Crippen LogP contribution >= 0.6 is 36.2 Å². The van der Waals surface area contributed by atoms with Crippen LogP contribution in [0.3, 0.4) is 0 Å². The van der Waals surface area contributed by atoms with Crippen LogP contribution in [-0.2, 0) is 0 Å². The van der Waals surface area contributed by atoms with E-state index in [0.29, 0.717) is 11.0 Å². The van der Waals surface area contributed by atoms with Crippen LogP contribution in [0, 0.1) is 0 Å². The first-order chi connectivity index (χ1) is 7.66. The Labute approximate surface area is 109 Å². The van der Waals surface area contributed by atoms with Crippen molar-refractivity contribution in [1.29, 1.82) is 0 Å². The Kier molecular flexibility index (Phi) is 3.48. The molecule has 0 aliphatic carbocycles. The van der Waals surface area contributed by atoms with Gasteiger partial charge in [0.1, 0.15) is 5.16 Å². The van der Waals surface area contributed by atoms with E-state index in [0.717, 1.165) is 10.3 Å². The van der Waals surface area contributed by atoms with E-state index in [-0.39, 0.29) is 0 Å². The third-order valence-electron chi connectivity index (χ3n) is 1.86. The molecule has 0 amide bonds. The smallest absolute Gasteiger partial charge is 0.169 e. The van der Waals surface area contributed by atoms with E-state index in [9.17, 15) is 0 Å². The third kappa shape index (κ3) is 2.55. The van der Waals surface area contributed by atoms with Crippen LogP contribution < -0.4 is 9.73 Å². The van der Waals surface area contributed by atoms with Crippen molar-refractivity contribution in [2.45, 2.75) is 0 Å². The number of benzene rings is 1. The van der Waals surface area contributed by atoms with Gasteiger partial charge in [-0.25, -0.2) is 0 Å². The number of amidine groups is 1. The van der Waals surface area contributed by atoms with Crippen LogP contribution in [-0.4, -0.2) is 10.5 Å². The first-order valence-corrected chi connectivity index (χ1v) is 5.51. The van der Waals surface area contributed by atoms with Crippen molar-refractivity contribution < 1.29 is 0 Å². The quantitative estimate of drug-likeness (QED) is 0.469. The molecule has 1 aromatic carbocycles. The number of nitrogens with one attached hydrogen (secondary N) is 1. The Hall–Kier alpha value is -1.04. The Morgan fingerprint density at radius 2 is 2.00 bits per heavy atom. The summed E-state index contributed by atoms with van der Waals surface area (Å²) >= 11 is 15.8. The monoisotopic (exact) mass is 274 g/mol. The predicted molar refractivity (Wildman–Crippen MR) is 70.1 cm³/mol. The first kappa shape index (κ1) is 11.4. The molecule has 0 spiro atoms. The number of rotatable bonds is 1. The largest absolute Gasteiger partial charge is 0.269 e. The standard InChI is InChI=1S/C9H8Cl2N4S/c10-8-6-9(13-15(11)12-8)14(16)7-4-2-1-3-5-7/h1-6,12,16H. The average Bonchev–Trinajstić information content (AvgIpc) is 2.28. The van der Waals surface area contributed by atoms with Gasteiger partial charge in [-0.05, 0) is 12.1 Å². The molecule has 0 bridgehead atoms. The van der Waals surface area contributed by atoms with Crippen molar-refractivity contribution in [3.63, 3.8) is 0 Å². The Bertz CT molecular complexity index is 434. The van der Waals surface area contributed by atoms with Crippen molar-refractivity contribution in [2.24, 2.45) is 5.10 Å². The maximum Gasteiger partial charge on any atom is 0.169 e. The fraction of sp³-hybridized carbons (Fsp3) is 0. The molecule has 0 fully saturated rings. The van der Waals surface area contributed by atoms with Gasteiger partial charge in [0.05, 0.1) is 17.5 Å². The molecule has 0 saturated heterocycles. The lowest BCUT2D eigenvalue weighted by molar-refractivity contribution is 0.404. The second-order valence-electron chi connectivity index (χ2n) is 2.97. The normalized spacial score (nSPS) is 15.1. The average molecular weight is 275 g/mol. The number of thiol groups is 1. The topological polar surface area (TPSA) is 30.9 Å². The van der Waals surface area contributed by atoms with Crippen LogP contribution in [0.5, 0.6) is 0 Å². The van der Waals surface area contributed by atoms with Gasteiger partial charge < -0.3 is 0 Å². The van der Waals surface area contributed by atoms with Crippen LogP contribution in [0.15, 0.2) is 46.7 Å². The van der Waals surface area contributed by atoms with E-state index in [1.165, 1.54) is 0 Å². The minimum absolute atomic E-state index is 0.370. The summed E-state index contributed by atoms with van der Waals surface area (Å²) in [5, 5.41) is 4.37. The molecule has 84 valence electrons. The lowest BCUT2D eigenvalue weighted by Gasteiger charge is -2.23. The SMILES string of the molecule is SN(C1=NN(Cl)NC(Cl)=C1)c1ccccc1. The third-order valence-corrected chi connectivity index (χ3v) is 2.65. The summed E-state index contributed by atoms with van der Waals surface area (Å²) in [6, 6.07) is 9.54. The minimum atomic E-state index is 0.370. The summed E-state index contributed by atoms with van der Waals surface area (Å²) in [7, 11) is 0. The Morgan fingerprint density at radius 3 is 2.62 bits per heavy atom. The van der Waals surface area contributed by atoms with Gasteiger partial charge in [-0.1, -0.05) is 42.6 Å². The summed E-state index contributed by atoms with van der Waals surface area (Å²) in [5.41, 5.74) is 3.47. The minimum Gasteiger partial charge on any atom is -0.269 e.